The van der Waals surface area contributed by atoms with Gasteiger partial charge in [-0.1, -0.05) is 74.5 Å². The molecule has 29 heavy (non-hydrogen) atoms. The van der Waals surface area contributed by atoms with E-state index < -0.39 is 0 Å². The Morgan fingerprint density at radius 1 is 1.14 bits per heavy atom. The third kappa shape index (κ3) is 5.87. The molecule has 0 bridgehead atoms. The molecular weight excluding hydrogens is 402 g/mol. The quantitative estimate of drug-likeness (QED) is 0.313. The number of rotatable bonds is 8. The van der Waals surface area contributed by atoms with Crippen molar-refractivity contribution in [2.45, 2.75) is 50.2 Å². The zero-order valence-electron chi connectivity index (χ0n) is 17.1. The Bertz CT molecular complexity index is 961. The molecule has 0 saturated carbocycles. The molecule has 0 aliphatic rings. The van der Waals surface area contributed by atoms with Crippen molar-refractivity contribution in [2.75, 3.05) is 0 Å². The van der Waals surface area contributed by atoms with Crippen LogP contribution in [0.3, 0.4) is 0 Å². The zero-order valence-corrected chi connectivity index (χ0v) is 18.6. The van der Waals surface area contributed by atoms with E-state index in [4.69, 9.17) is 16.3 Å². The van der Waals surface area contributed by atoms with Crippen molar-refractivity contribution in [2.24, 2.45) is 0 Å². The van der Waals surface area contributed by atoms with Crippen molar-refractivity contribution in [1.29, 1.82) is 0 Å². The van der Waals surface area contributed by atoms with Crippen LogP contribution in [0.25, 0.3) is 0 Å². The molecule has 2 aromatic carbocycles. The van der Waals surface area contributed by atoms with E-state index in [1.165, 1.54) is 5.56 Å². The molecule has 3 rings (SSSR count). The Morgan fingerprint density at radius 2 is 1.90 bits per heavy atom. The van der Waals surface area contributed by atoms with Gasteiger partial charge < -0.3 is 4.74 Å². The maximum absolute atomic E-state index is 6.07. The Hall–Kier alpha value is -2.24. The lowest BCUT2D eigenvalue weighted by atomic mass is 9.87. The van der Waals surface area contributed by atoms with E-state index in [-0.39, 0.29) is 5.41 Å². The van der Waals surface area contributed by atoms with Gasteiger partial charge in [0.05, 0.1) is 0 Å². The van der Waals surface area contributed by atoms with E-state index in [2.05, 4.69) is 55.7 Å². The zero-order chi connectivity index (χ0) is 20.9. The normalized spacial score (nSPS) is 11.4. The van der Waals surface area contributed by atoms with E-state index in [9.17, 15) is 0 Å². The van der Waals surface area contributed by atoms with Crippen LogP contribution < -0.4 is 4.74 Å². The van der Waals surface area contributed by atoms with Crippen LogP contribution in [0.2, 0.25) is 5.02 Å². The Morgan fingerprint density at radius 3 is 2.55 bits per heavy atom. The fourth-order valence-corrected chi connectivity index (χ4v) is 3.94. The predicted octanol–water partition coefficient (Wildman–Crippen LogP) is 6.29. The highest BCUT2D eigenvalue weighted by atomic mass is 35.5. The first-order valence-electron chi connectivity index (χ1n) is 9.50. The number of thioether (sulfide) groups is 1. The standard InChI is InChI=1S/C23H26ClN3OS/c1-5-13-27-21(15-28-20-11-9-18(10-12-20)23(2,3)4)25-26-22(27)29-16-17-7-6-8-19(24)14-17/h5-12,14H,1,13,15-16H2,2-4H3. The van der Waals surface area contributed by atoms with Gasteiger partial charge in [-0.05, 0) is 40.8 Å². The molecule has 4 nitrogen and oxygen atoms in total. The van der Waals surface area contributed by atoms with Crippen LogP contribution in [0, 0.1) is 0 Å². The topological polar surface area (TPSA) is 39.9 Å². The van der Waals surface area contributed by atoms with Gasteiger partial charge in [0, 0.05) is 17.3 Å². The number of hydrogen-bond donors (Lipinski definition) is 0. The van der Waals surface area contributed by atoms with Crippen molar-refractivity contribution in [3.8, 4) is 5.75 Å². The molecule has 0 fully saturated rings. The monoisotopic (exact) mass is 427 g/mol. The first-order chi connectivity index (χ1) is 13.9. The largest absolute Gasteiger partial charge is 0.486 e. The minimum atomic E-state index is 0.123. The van der Waals surface area contributed by atoms with Crippen molar-refractivity contribution in [3.63, 3.8) is 0 Å². The summed E-state index contributed by atoms with van der Waals surface area (Å²) in [7, 11) is 0. The molecule has 3 aromatic rings. The maximum Gasteiger partial charge on any atom is 0.191 e. The first-order valence-corrected chi connectivity index (χ1v) is 10.9. The molecule has 0 amide bonds. The average Bonchev–Trinajstić information content (AvgIpc) is 3.06. The Kier molecular flexibility index (Phi) is 7.04. The minimum Gasteiger partial charge on any atom is -0.486 e. The Balaban J connectivity index is 1.67. The van der Waals surface area contributed by atoms with Crippen molar-refractivity contribution in [1.82, 2.24) is 14.8 Å². The van der Waals surface area contributed by atoms with Gasteiger partial charge in [0.1, 0.15) is 12.4 Å². The summed E-state index contributed by atoms with van der Waals surface area (Å²) in [6, 6.07) is 16.1. The first kappa shape index (κ1) is 21.5. The SMILES string of the molecule is C=CCn1c(COc2ccc(C(C)(C)C)cc2)nnc1SCc1cccc(Cl)c1. The highest BCUT2D eigenvalue weighted by Crippen LogP contribution is 2.26. The third-order valence-corrected chi connectivity index (χ3v) is 5.72. The van der Waals surface area contributed by atoms with Crippen LogP contribution in [-0.2, 0) is 24.3 Å². The van der Waals surface area contributed by atoms with Gasteiger partial charge >= 0.3 is 0 Å². The molecule has 1 heterocycles. The molecule has 1 aromatic heterocycles. The summed E-state index contributed by atoms with van der Waals surface area (Å²) >= 11 is 7.70. The van der Waals surface area contributed by atoms with Gasteiger partial charge in [-0.25, -0.2) is 0 Å². The summed E-state index contributed by atoms with van der Waals surface area (Å²) in [5.74, 6) is 2.36. The molecule has 0 saturated heterocycles. The molecule has 6 heteroatoms. The van der Waals surface area contributed by atoms with E-state index >= 15 is 0 Å². The number of nitrogens with zero attached hydrogens (tertiary/aromatic N) is 3. The average molecular weight is 428 g/mol. The molecule has 152 valence electrons. The fraction of sp³-hybridized carbons (Fsp3) is 0.304. The second-order valence-electron chi connectivity index (χ2n) is 7.78. The summed E-state index contributed by atoms with van der Waals surface area (Å²) < 4.78 is 7.99. The summed E-state index contributed by atoms with van der Waals surface area (Å²) in [5, 5.41) is 10.3. The van der Waals surface area contributed by atoms with Gasteiger partial charge in [0.25, 0.3) is 0 Å². The molecule has 0 N–H and O–H groups in total. The van der Waals surface area contributed by atoms with Crippen LogP contribution in [0.4, 0.5) is 0 Å². The molecule has 0 unspecified atom stereocenters. The van der Waals surface area contributed by atoms with Crippen molar-refractivity contribution >= 4 is 23.4 Å². The second-order valence-corrected chi connectivity index (χ2v) is 9.16. The number of halogens is 1. The second kappa shape index (κ2) is 9.51. The minimum absolute atomic E-state index is 0.123. The molecule has 0 aliphatic heterocycles. The van der Waals surface area contributed by atoms with Gasteiger partial charge in [0.15, 0.2) is 11.0 Å². The summed E-state index contributed by atoms with van der Waals surface area (Å²) in [4.78, 5) is 0. The van der Waals surface area contributed by atoms with Crippen molar-refractivity contribution < 1.29 is 4.74 Å². The molecule has 0 spiro atoms. The molecule has 0 aliphatic carbocycles. The van der Waals surface area contributed by atoms with Gasteiger partial charge in [-0.3, -0.25) is 4.57 Å². The van der Waals surface area contributed by atoms with Crippen LogP contribution >= 0.6 is 23.4 Å². The maximum atomic E-state index is 6.07. The highest BCUT2D eigenvalue weighted by Gasteiger charge is 2.15. The number of allylic oxidation sites excluding steroid dienone is 1. The lowest BCUT2D eigenvalue weighted by Gasteiger charge is -2.19. The number of benzene rings is 2. The Labute approximate surface area is 182 Å². The smallest absolute Gasteiger partial charge is 0.191 e. The lowest BCUT2D eigenvalue weighted by molar-refractivity contribution is 0.289. The van der Waals surface area contributed by atoms with E-state index in [0.717, 1.165) is 33.1 Å². The number of aromatic nitrogens is 3. The molecule has 0 atom stereocenters. The van der Waals surface area contributed by atoms with Gasteiger partial charge in [-0.15, -0.1) is 16.8 Å². The molecular formula is C23H26ClN3OS. The van der Waals surface area contributed by atoms with Gasteiger partial charge in [-0.2, -0.15) is 0 Å². The fourth-order valence-electron chi connectivity index (χ4n) is 2.82. The van der Waals surface area contributed by atoms with Crippen molar-refractivity contribution in [3.05, 3.63) is 83.2 Å². The van der Waals surface area contributed by atoms with Crippen LogP contribution in [0.5, 0.6) is 5.75 Å². The summed E-state index contributed by atoms with van der Waals surface area (Å²) in [5.41, 5.74) is 2.55. The van der Waals surface area contributed by atoms with Crippen LogP contribution in [-0.4, -0.2) is 14.8 Å². The number of ether oxygens (including phenoxy) is 1. The molecule has 0 radical (unpaired) electrons. The highest BCUT2D eigenvalue weighted by molar-refractivity contribution is 7.98. The van der Waals surface area contributed by atoms with Crippen LogP contribution in [0.15, 0.2) is 66.3 Å². The van der Waals surface area contributed by atoms with E-state index in [1.54, 1.807) is 11.8 Å². The van der Waals surface area contributed by atoms with E-state index in [0.29, 0.717) is 13.2 Å². The summed E-state index contributed by atoms with van der Waals surface area (Å²) in [6.07, 6.45) is 1.84. The lowest BCUT2D eigenvalue weighted by Crippen LogP contribution is -2.11. The summed E-state index contributed by atoms with van der Waals surface area (Å²) in [6.45, 7) is 11.4. The number of hydrogen-bond acceptors (Lipinski definition) is 4. The van der Waals surface area contributed by atoms with Crippen LogP contribution in [0.1, 0.15) is 37.7 Å². The van der Waals surface area contributed by atoms with E-state index in [1.807, 2.05) is 41.0 Å². The third-order valence-electron chi connectivity index (χ3n) is 4.45. The predicted molar refractivity (Wildman–Crippen MR) is 121 cm³/mol. The van der Waals surface area contributed by atoms with Gasteiger partial charge in [0.2, 0.25) is 0 Å².